The molecule has 1 aliphatic heterocycles. The molecule has 2 aromatic carbocycles. The highest BCUT2D eigenvalue weighted by molar-refractivity contribution is 7.21. The van der Waals surface area contributed by atoms with Gasteiger partial charge in [0, 0.05) is 24.5 Å². The first-order valence-electron chi connectivity index (χ1n) is 9.52. The Labute approximate surface area is 166 Å². The number of likely N-dealkylation sites (tertiary alicyclic amines) is 1. The van der Waals surface area contributed by atoms with Crippen LogP contribution < -0.4 is 10.4 Å². The summed E-state index contributed by atoms with van der Waals surface area (Å²) >= 11 is 1.50. The third-order valence-electron chi connectivity index (χ3n) is 5.21. The molecular weight excluding hydrogens is 372 g/mol. The molecule has 28 heavy (non-hydrogen) atoms. The minimum Gasteiger partial charge on any atom is -0.489 e. The Morgan fingerprint density at radius 2 is 2.14 bits per heavy atom. The lowest BCUT2D eigenvalue weighted by Gasteiger charge is -2.15. The zero-order valence-corrected chi connectivity index (χ0v) is 16.4. The average molecular weight is 392 g/mol. The molecule has 6 heteroatoms. The molecule has 0 N–H and O–H groups in total. The monoisotopic (exact) mass is 392 g/mol. The van der Waals surface area contributed by atoms with Crippen LogP contribution in [0.25, 0.3) is 31.8 Å². The van der Waals surface area contributed by atoms with Crippen LogP contribution in [-0.4, -0.2) is 35.6 Å². The van der Waals surface area contributed by atoms with Gasteiger partial charge in [0.05, 0.1) is 15.8 Å². The smallest absolute Gasteiger partial charge is 0.346 e. The predicted molar refractivity (Wildman–Crippen MR) is 112 cm³/mol. The molecule has 0 bridgehead atoms. The lowest BCUT2D eigenvalue weighted by Crippen LogP contribution is -2.24. The molecule has 1 saturated heterocycles. The van der Waals surface area contributed by atoms with Gasteiger partial charge in [-0.05, 0) is 43.3 Å². The summed E-state index contributed by atoms with van der Waals surface area (Å²) in [5.74, 6) is 0.742. The van der Waals surface area contributed by atoms with E-state index in [1.54, 1.807) is 0 Å². The number of fused-ring (bicyclic) bond motifs is 2. The fraction of sp³-hybridized carbons (Fsp3) is 0.273. The summed E-state index contributed by atoms with van der Waals surface area (Å²) in [4.78, 5) is 19.6. The van der Waals surface area contributed by atoms with E-state index in [2.05, 4.69) is 16.8 Å². The molecule has 2 aromatic heterocycles. The molecule has 0 radical (unpaired) electrons. The fourth-order valence-electron chi connectivity index (χ4n) is 3.67. The highest BCUT2D eigenvalue weighted by Crippen LogP contribution is 2.31. The molecule has 4 aromatic rings. The van der Waals surface area contributed by atoms with Crippen LogP contribution in [-0.2, 0) is 0 Å². The van der Waals surface area contributed by atoms with Gasteiger partial charge in [0.1, 0.15) is 22.4 Å². The molecule has 5 rings (SSSR count). The average Bonchev–Trinajstić information content (AvgIpc) is 3.33. The van der Waals surface area contributed by atoms with Crippen LogP contribution in [0, 0.1) is 0 Å². The first kappa shape index (κ1) is 17.4. The predicted octanol–water partition coefficient (Wildman–Crippen LogP) is 4.54. The highest BCUT2D eigenvalue weighted by atomic mass is 32.1. The first-order valence-corrected chi connectivity index (χ1v) is 10.3. The summed E-state index contributed by atoms with van der Waals surface area (Å²) in [6, 6.07) is 15.4. The van der Waals surface area contributed by atoms with Crippen molar-refractivity contribution in [2.24, 2.45) is 0 Å². The number of nitrogens with zero attached hydrogens (tertiary/aromatic N) is 2. The third-order valence-corrected chi connectivity index (χ3v) is 6.28. The van der Waals surface area contributed by atoms with Gasteiger partial charge < -0.3 is 9.15 Å². The Bertz CT molecular complexity index is 1180. The van der Waals surface area contributed by atoms with Crippen LogP contribution in [0.15, 0.2) is 57.7 Å². The van der Waals surface area contributed by atoms with E-state index in [-0.39, 0.29) is 11.7 Å². The van der Waals surface area contributed by atoms with Gasteiger partial charge in [-0.25, -0.2) is 9.78 Å². The molecule has 5 nitrogen and oxygen atoms in total. The topological polar surface area (TPSA) is 55.6 Å². The number of rotatable bonds is 4. The first-order chi connectivity index (χ1) is 13.7. The second kappa shape index (κ2) is 7.04. The van der Waals surface area contributed by atoms with Crippen LogP contribution in [0.1, 0.15) is 13.3 Å². The van der Waals surface area contributed by atoms with E-state index in [4.69, 9.17) is 9.15 Å². The summed E-state index contributed by atoms with van der Waals surface area (Å²) in [7, 11) is 0. The fourth-order valence-corrected chi connectivity index (χ4v) is 4.64. The van der Waals surface area contributed by atoms with Crippen molar-refractivity contribution in [2.45, 2.75) is 19.4 Å². The number of para-hydroxylation sites is 1. The Kier molecular flexibility index (Phi) is 4.37. The summed E-state index contributed by atoms with van der Waals surface area (Å²) in [5.41, 5.74) is 1.56. The van der Waals surface area contributed by atoms with Gasteiger partial charge in [-0.2, -0.15) is 0 Å². The van der Waals surface area contributed by atoms with Crippen molar-refractivity contribution in [1.82, 2.24) is 9.88 Å². The van der Waals surface area contributed by atoms with Crippen molar-refractivity contribution >= 4 is 32.5 Å². The van der Waals surface area contributed by atoms with Crippen molar-refractivity contribution in [3.05, 3.63) is 59.0 Å². The van der Waals surface area contributed by atoms with Gasteiger partial charge in [-0.1, -0.05) is 19.1 Å². The molecule has 0 spiro atoms. The minimum atomic E-state index is -0.373. The molecule has 0 saturated carbocycles. The van der Waals surface area contributed by atoms with E-state index in [9.17, 15) is 4.79 Å². The van der Waals surface area contributed by atoms with Gasteiger partial charge >= 0.3 is 5.63 Å². The summed E-state index contributed by atoms with van der Waals surface area (Å²) in [5, 5.41) is 1.55. The molecule has 1 fully saturated rings. The van der Waals surface area contributed by atoms with Crippen LogP contribution in [0.4, 0.5) is 0 Å². The number of hydrogen-bond donors (Lipinski definition) is 0. The van der Waals surface area contributed by atoms with E-state index < -0.39 is 0 Å². The van der Waals surface area contributed by atoms with Crippen molar-refractivity contribution in [3.63, 3.8) is 0 Å². The van der Waals surface area contributed by atoms with E-state index >= 15 is 0 Å². The Morgan fingerprint density at radius 1 is 1.25 bits per heavy atom. The van der Waals surface area contributed by atoms with E-state index in [1.165, 1.54) is 11.3 Å². The molecule has 142 valence electrons. The standard InChI is InChI=1S/C22H20N2O3S/c1-2-24-10-9-16(13-24)26-15-8-7-14-11-17(22(25)27-19(14)12-15)21-23-18-5-3-4-6-20(18)28-21/h3-8,11-12,16H,2,9-10,13H2,1H3/t16-/m1/s1. The maximum absolute atomic E-state index is 12.6. The Balaban J connectivity index is 1.47. The van der Waals surface area contributed by atoms with Crippen molar-refractivity contribution in [2.75, 3.05) is 19.6 Å². The summed E-state index contributed by atoms with van der Waals surface area (Å²) in [6.45, 7) is 5.21. The Hall–Kier alpha value is -2.70. The zero-order valence-electron chi connectivity index (χ0n) is 15.6. The van der Waals surface area contributed by atoms with Crippen molar-refractivity contribution in [3.8, 4) is 16.3 Å². The molecule has 1 aliphatic rings. The minimum absolute atomic E-state index is 0.186. The van der Waals surface area contributed by atoms with Gasteiger partial charge in [-0.3, -0.25) is 4.90 Å². The summed E-state index contributed by atoms with van der Waals surface area (Å²) in [6.07, 6.45) is 1.21. The normalized spacial score (nSPS) is 17.5. The van der Waals surface area contributed by atoms with Crippen molar-refractivity contribution < 1.29 is 9.15 Å². The van der Waals surface area contributed by atoms with Gasteiger partial charge in [0.15, 0.2) is 0 Å². The maximum Gasteiger partial charge on any atom is 0.346 e. The highest BCUT2D eigenvalue weighted by Gasteiger charge is 2.22. The van der Waals surface area contributed by atoms with Gasteiger partial charge in [-0.15, -0.1) is 11.3 Å². The largest absolute Gasteiger partial charge is 0.489 e. The van der Waals surface area contributed by atoms with Crippen LogP contribution >= 0.6 is 11.3 Å². The zero-order chi connectivity index (χ0) is 19.1. The molecular formula is C22H20N2O3S. The van der Waals surface area contributed by atoms with Gasteiger partial charge in [0.2, 0.25) is 0 Å². The number of thiazole rings is 1. The maximum atomic E-state index is 12.6. The van der Waals surface area contributed by atoms with Crippen LogP contribution in [0.2, 0.25) is 0 Å². The van der Waals surface area contributed by atoms with Crippen LogP contribution in [0.5, 0.6) is 5.75 Å². The molecule has 3 heterocycles. The number of ether oxygens (including phenoxy) is 1. The molecule has 1 atom stereocenters. The number of aromatic nitrogens is 1. The van der Waals surface area contributed by atoms with Crippen molar-refractivity contribution in [1.29, 1.82) is 0 Å². The quantitative estimate of drug-likeness (QED) is 0.477. The van der Waals surface area contributed by atoms with E-state index in [1.807, 2.05) is 48.5 Å². The molecule has 0 unspecified atom stereocenters. The number of benzene rings is 2. The number of likely N-dealkylation sites (N-methyl/N-ethyl adjacent to an activating group) is 1. The summed E-state index contributed by atoms with van der Waals surface area (Å²) < 4.78 is 12.8. The second-order valence-corrected chi connectivity index (χ2v) is 8.09. The molecule has 0 aliphatic carbocycles. The van der Waals surface area contributed by atoms with Crippen LogP contribution in [0.3, 0.4) is 0 Å². The third kappa shape index (κ3) is 3.19. The SMILES string of the molecule is CCN1CC[C@@H](Oc2ccc3cc(-c4nc5ccccc5s4)c(=O)oc3c2)C1. The van der Waals surface area contributed by atoms with E-state index in [0.717, 1.165) is 47.4 Å². The second-order valence-electron chi connectivity index (χ2n) is 7.06. The Morgan fingerprint density at radius 3 is 2.96 bits per heavy atom. The van der Waals surface area contributed by atoms with E-state index in [0.29, 0.717) is 16.2 Å². The number of hydrogen-bond acceptors (Lipinski definition) is 6. The van der Waals surface area contributed by atoms with Gasteiger partial charge in [0.25, 0.3) is 0 Å². The lowest BCUT2D eigenvalue weighted by atomic mass is 10.2. The lowest BCUT2D eigenvalue weighted by molar-refractivity contribution is 0.202. The molecule has 0 amide bonds.